The van der Waals surface area contributed by atoms with Crippen LogP contribution in [0.5, 0.6) is 11.5 Å². The highest BCUT2D eigenvalue weighted by molar-refractivity contribution is 6.05. The van der Waals surface area contributed by atoms with Crippen LogP contribution in [0, 0.1) is 0 Å². The topological polar surface area (TPSA) is 52.8 Å². The van der Waals surface area contributed by atoms with Gasteiger partial charge in [-0.1, -0.05) is 60.7 Å². The third-order valence-corrected chi connectivity index (χ3v) is 4.15. The first-order valence-electron chi connectivity index (χ1n) is 7.69. The molecular weight excluding hydrogens is 298 g/mol. The van der Waals surface area contributed by atoms with Gasteiger partial charge in [-0.15, -0.1) is 0 Å². The van der Waals surface area contributed by atoms with Crippen molar-refractivity contribution >= 4 is 33.4 Å². The summed E-state index contributed by atoms with van der Waals surface area (Å²) < 4.78 is 0. The zero-order valence-corrected chi connectivity index (χ0v) is 12.8. The van der Waals surface area contributed by atoms with E-state index in [-0.39, 0.29) is 11.5 Å². The summed E-state index contributed by atoms with van der Waals surface area (Å²) in [4.78, 5) is 4.48. The molecule has 0 atom stereocenters. The van der Waals surface area contributed by atoms with Crippen LogP contribution in [-0.4, -0.2) is 16.4 Å². The number of hydrogen-bond acceptors (Lipinski definition) is 3. The lowest BCUT2D eigenvalue weighted by Gasteiger charge is -2.07. The summed E-state index contributed by atoms with van der Waals surface area (Å²) in [6.07, 6.45) is 1.61. The molecule has 0 heterocycles. The van der Waals surface area contributed by atoms with Crippen LogP contribution in [0.3, 0.4) is 0 Å². The van der Waals surface area contributed by atoms with Gasteiger partial charge in [0.15, 0.2) is 0 Å². The van der Waals surface area contributed by atoms with Crippen molar-refractivity contribution in [1.29, 1.82) is 0 Å². The minimum absolute atomic E-state index is 0.115. The molecule has 116 valence electrons. The monoisotopic (exact) mass is 313 g/mol. The smallest absolute Gasteiger partial charge is 0.141 e. The predicted octanol–water partition coefficient (Wildman–Crippen LogP) is 5.15. The predicted molar refractivity (Wildman–Crippen MR) is 98.5 cm³/mol. The Balaban J connectivity index is 1.91. The van der Waals surface area contributed by atoms with E-state index in [1.165, 1.54) is 0 Å². The molecule has 0 amide bonds. The summed E-state index contributed by atoms with van der Waals surface area (Å²) in [6.45, 7) is 0. The molecule has 3 nitrogen and oxygen atoms in total. The molecule has 0 aliphatic carbocycles. The van der Waals surface area contributed by atoms with E-state index in [0.29, 0.717) is 11.3 Å². The lowest BCUT2D eigenvalue weighted by Crippen LogP contribution is -1.86. The zero-order chi connectivity index (χ0) is 16.5. The number of phenolic OH excluding ortho intramolecular Hbond substituents is 2. The van der Waals surface area contributed by atoms with E-state index in [1.807, 2.05) is 60.7 Å². The second kappa shape index (κ2) is 5.70. The molecule has 4 aromatic rings. The van der Waals surface area contributed by atoms with Gasteiger partial charge in [-0.25, -0.2) is 0 Å². The van der Waals surface area contributed by atoms with Gasteiger partial charge in [0.1, 0.15) is 17.2 Å². The van der Waals surface area contributed by atoms with Crippen molar-refractivity contribution in [3.05, 3.63) is 78.4 Å². The van der Waals surface area contributed by atoms with Crippen molar-refractivity contribution in [3.8, 4) is 11.5 Å². The summed E-state index contributed by atoms with van der Waals surface area (Å²) >= 11 is 0. The van der Waals surface area contributed by atoms with E-state index in [1.54, 1.807) is 18.3 Å². The largest absolute Gasteiger partial charge is 0.507 e. The Morgan fingerprint density at radius 3 is 1.96 bits per heavy atom. The SMILES string of the molecule is Oc1ccc2ccccc2c1C=Nc1c(O)ccc2ccccc12. The van der Waals surface area contributed by atoms with Crippen LogP contribution < -0.4 is 0 Å². The quantitative estimate of drug-likeness (QED) is 0.502. The highest BCUT2D eigenvalue weighted by atomic mass is 16.3. The van der Waals surface area contributed by atoms with Gasteiger partial charge in [0.2, 0.25) is 0 Å². The number of fused-ring (bicyclic) bond motifs is 2. The van der Waals surface area contributed by atoms with Crippen LogP contribution in [0.1, 0.15) is 5.56 Å². The van der Waals surface area contributed by atoms with Crippen molar-refractivity contribution in [3.63, 3.8) is 0 Å². The van der Waals surface area contributed by atoms with E-state index in [4.69, 9.17) is 0 Å². The Bertz CT molecular complexity index is 996. The second-order valence-corrected chi connectivity index (χ2v) is 5.63. The number of nitrogens with zero attached hydrogens (tertiary/aromatic N) is 1. The zero-order valence-electron chi connectivity index (χ0n) is 12.8. The van der Waals surface area contributed by atoms with E-state index in [9.17, 15) is 10.2 Å². The highest BCUT2D eigenvalue weighted by Gasteiger charge is 2.07. The molecule has 4 rings (SSSR count). The van der Waals surface area contributed by atoms with Gasteiger partial charge in [0.25, 0.3) is 0 Å². The molecular formula is C21H15NO2. The minimum atomic E-state index is 0.115. The Hall–Kier alpha value is -3.33. The fraction of sp³-hybridized carbons (Fsp3) is 0. The van der Waals surface area contributed by atoms with Gasteiger partial charge < -0.3 is 10.2 Å². The van der Waals surface area contributed by atoms with Crippen molar-refractivity contribution in [2.75, 3.05) is 0 Å². The lowest BCUT2D eigenvalue weighted by atomic mass is 10.0. The van der Waals surface area contributed by atoms with Crippen LogP contribution >= 0.6 is 0 Å². The third kappa shape index (κ3) is 2.36. The van der Waals surface area contributed by atoms with Crippen LogP contribution in [0.2, 0.25) is 0 Å². The number of phenols is 2. The standard InChI is InChI=1S/C21H15NO2/c23-19-11-9-14-5-1-3-7-16(14)18(19)13-22-21-17-8-4-2-6-15(17)10-12-20(21)24/h1-13,23-24H. The molecule has 0 bridgehead atoms. The summed E-state index contributed by atoms with van der Waals surface area (Å²) in [5.41, 5.74) is 1.14. The van der Waals surface area contributed by atoms with Crippen LogP contribution in [0.4, 0.5) is 5.69 Å². The molecule has 0 saturated heterocycles. The number of aliphatic imine (C=N–C) groups is 1. The first-order valence-corrected chi connectivity index (χ1v) is 7.69. The minimum Gasteiger partial charge on any atom is -0.507 e. The number of rotatable bonds is 2. The van der Waals surface area contributed by atoms with Gasteiger partial charge in [-0.2, -0.15) is 0 Å². The molecule has 24 heavy (non-hydrogen) atoms. The van der Waals surface area contributed by atoms with Crippen LogP contribution in [0.15, 0.2) is 77.8 Å². The Morgan fingerprint density at radius 1 is 0.625 bits per heavy atom. The molecule has 0 aromatic heterocycles. The molecule has 0 spiro atoms. The maximum absolute atomic E-state index is 10.2. The molecule has 0 fully saturated rings. The van der Waals surface area contributed by atoms with E-state index in [0.717, 1.165) is 21.5 Å². The third-order valence-electron chi connectivity index (χ3n) is 4.15. The van der Waals surface area contributed by atoms with Gasteiger partial charge in [0.05, 0.1) is 0 Å². The van der Waals surface area contributed by atoms with Crippen molar-refractivity contribution in [1.82, 2.24) is 0 Å². The summed E-state index contributed by atoms with van der Waals surface area (Å²) in [5, 5.41) is 24.2. The molecule has 2 N–H and O–H groups in total. The maximum Gasteiger partial charge on any atom is 0.141 e. The molecule has 0 aliphatic heterocycles. The first-order chi connectivity index (χ1) is 11.7. The summed E-state index contributed by atoms with van der Waals surface area (Å²) in [6, 6.07) is 22.6. The maximum atomic E-state index is 10.2. The van der Waals surface area contributed by atoms with Crippen LogP contribution in [-0.2, 0) is 0 Å². The van der Waals surface area contributed by atoms with Crippen molar-refractivity contribution < 1.29 is 10.2 Å². The summed E-state index contributed by atoms with van der Waals surface area (Å²) in [7, 11) is 0. The van der Waals surface area contributed by atoms with E-state index < -0.39 is 0 Å². The van der Waals surface area contributed by atoms with Crippen molar-refractivity contribution in [2.24, 2.45) is 4.99 Å². The molecule has 3 heteroatoms. The van der Waals surface area contributed by atoms with Gasteiger partial charge in [-0.05, 0) is 28.3 Å². The number of hydrogen-bond donors (Lipinski definition) is 2. The number of aromatic hydroxyl groups is 2. The number of benzene rings is 4. The molecule has 4 aromatic carbocycles. The fourth-order valence-electron chi connectivity index (χ4n) is 2.93. The lowest BCUT2D eigenvalue weighted by molar-refractivity contribution is 0.475. The summed E-state index contributed by atoms with van der Waals surface area (Å²) in [5.74, 6) is 0.279. The Kier molecular flexibility index (Phi) is 3.39. The average molecular weight is 313 g/mol. The molecule has 0 unspecified atom stereocenters. The average Bonchev–Trinajstić information content (AvgIpc) is 2.62. The highest BCUT2D eigenvalue weighted by Crippen LogP contribution is 2.35. The Labute approximate surface area is 139 Å². The molecule has 0 saturated carbocycles. The normalized spacial score (nSPS) is 11.5. The first kappa shape index (κ1) is 14.3. The van der Waals surface area contributed by atoms with Crippen molar-refractivity contribution in [2.45, 2.75) is 0 Å². The van der Waals surface area contributed by atoms with Crippen LogP contribution in [0.25, 0.3) is 21.5 Å². The Morgan fingerprint density at radius 2 is 1.21 bits per heavy atom. The van der Waals surface area contributed by atoms with Gasteiger partial charge >= 0.3 is 0 Å². The molecule has 0 aliphatic rings. The van der Waals surface area contributed by atoms with Gasteiger partial charge in [0, 0.05) is 17.2 Å². The fourth-order valence-corrected chi connectivity index (χ4v) is 2.93. The van der Waals surface area contributed by atoms with E-state index >= 15 is 0 Å². The molecule has 0 radical (unpaired) electrons. The second-order valence-electron chi connectivity index (χ2n) is 5.63. The van der Waals surface area contributed by atoms with E-state index in [2.05, 4.69) is 4.99 Å². The van der Waals surface area contributed by atoms with Gasteiger partial charge in [-0.3, -0.25) is 4.99 Å².